The fraction of sp³-hybridized carbons (Fsp3) is 0.0500. The summed E-state index contributed by atoms with van der Waals surface area (Å²) in [6.07, 6.45) is 0. The summed E-state index contributed by atoms with van der Waals surface area (Å²) in [7, 11) is 1.62. The number of nitrogens with one attached hydrogen (secondary N) is 1. The Morgan fingerprint density at radius 3 is 2.75 bits per heavy atom. The summed E-state index contributed by atoms with van der Waals surface area (Å²) >= 11 is 9.15. The van der Waals surface area contributed by atoms with Gasteiger partial charge in [0.05, 0.1) is 27.7 Å². The van der Waals surface area contributed by atoms with Gasteiger partial charge in [0, 0.05) is 15.5 Å². The van der Waals surface area contributed by atoms with E-state index in [4.69, 9.17) is 16.3 Å². The lowest BCUT2D eigenvalue weighted by molar-refractivity contribution is 0.103. The fourth-order valence-electron chi connectivity index (χ4n) is 3.03. The molecule has 1 amide bonds. The topological polar surface area (TPSA) is 64.1 Å². The van der Waals surface area contributed by atoms with E-state index in [1.807, 2.05) is 42.5 Å². The van der Waals surface area contributed by atoms with Gasteiger partial charge in [0.15, 0.2) is 5.13 Å². The van der Waals surface area contributed by atoms with E-state index in [9.17, 15) is 4.79 Å². The van der Waals surface area contributed by atoms with E-state index in [1.165, 1.54) is 22.7 Å². The van der Waals surface area contributed by atoms with Crippen LogP contribution >= 0.6 is 34.3 Å². The highest BCUT2D eigenvalue weighted by Gasteiger charge is 2.17. The minimum Gasteiger partial charge on any atom is -0.497 e. The lowest BCUT2D eigenvalue weighted by Gasteiger charge is -1.99. The van der Waals surface area contributed by atoms with E-state index in [0.29, 0.717) is 15.2 Å². The molecule has 0 bridgehead atoms. The zero-order valence-electron chi connectivity index (χ0n) is 14.5. The quantitative estimate of drug-likeness (QED) is 0.361. The number of para-hydroxylation sites is 1. The van der Waals surface area contributed by atoms with Crippen molar-refractivity contribution in [3.05, 3.63) is 58.6 Å². The number of carbonyl (C=O) groups is 1. The Morgan fingerprint density at radius 1 is 1.04 bits per heavy atom. The summed E-state index contributed by atoms with van der Waals surface area (Å²) in [5, 5.41) is 5.60. The number of amides is 1. The minimum absolute atomic E-state index is 0.215. The molecule has 0 atom stereocenters. The van der Waals surface area contributed by atoms with E-state index in [0.717, 1.165) is 37.0 Å². The first-order valence-electron chi connectivity index (χ1n) is 8.36. The van der Waals surface area contributed by atoms with Crippen molar-refractivity contribution in [1.29, 1.82) is 0 Å². The standard InChI is InChI=1S/C20H12ClN3O2S2/c1-26-10-6-7-14-15(8-10)28-20(23-14)24-19(25)16-9-12-17(27-16)11-4-2-3-5-13(11)22-18(12)21/h2-9H,1H3,(H,23,24,25). The molecular formula is C20H12ClN3O2S2. The maximum Gasteiger partial charge on any atom is 0.267 e. The van der Waals surface area contributed by atoms with E-state index < -0.39 is 0 Å². The molecule has 0 saturated heterocycles. The molecular weight excluding hydrogens is 414 g/mol. The van der Waals surface area contributed by atoms with Crippen LogP contribution in [-0.4, -0.2) is 23.0 Å². The first-order valence-corrected chi connectivity index (χ1v) is 10.4. The average Bonchev–Trinajstić information content (AvgIpc) is 3.32. The monoisotopic (exact) mass is 425 g/mol. The fourth-order valence-corrected chi connectivity index (χ4v) is 5.30. The van der Waals surface area contributed by atoms with Gasteiger partial charge in [-0.05, 0) is 30.3 Å². The number of methoxy groups -OCH3 is 1. The van der Waals surface area contributed by atoms with Gasteiger partial charge in [-0.3, -0.25) is 10.1 Å². The van der Waals surface area contributed by atoms with Crippen LogP contribution in [0.15, 0.2) is 48.5 Å². The maximum absolute atomic E-state index is 12.8. The smallest absolute Gasteiger partial charge is 0.267 e. The number of hydrogen-bond acceptors (Lipinski definition) is 6. The Balaban J connectivity index is 1.52. The summed E-state index contributed by atoms with van der Waals surface area (Å²) in [4.78, 5) is 22.3. The second-order valence-corrected chi connectivity index (χ2v) is 8.52. The molecule has 28 heavy (non-hydrogen) atoms. The molecule has 0 aliphatic carbocycles. The van der Waals surface area contributed by atoms with Crippen LogP contribution in [0.3, 0.4) is 0 Å². The van der Waals surface area contributed by atoms with Crippen molar-refractivity contribution >= 4 is 76.5 Å². The van der Waals surface area contributed by atoms with Gasteiger partial charge in [-0.25, -0.2) is 9.97 Å². The van der Waals surface area contributed by atoms with Gasteiger partial charge < -0.3 is 4.74 Å². The van der Waals surface area contributed by atoms with Gasteiger partial charge in [0.25, 0.3) is 5.91 Å². The number of carbonyl (C=O) groups excluding carboxylic acids is 1. The third-order valence-electron chi connectivity index (χ3n) is 4.36. The second kappa shape index (κ2) is 6.70. The number of rotatable bonds is 3. The largest absolute Gasteiger partial charge is 0.497 e. The third-order valence-corrected chi connectivity index (χ3v) is 6.75. The summed E-state index contributed by atoms with van der Waals surface area (Å²) < 4.78 is 7.14. The van der Waals surface area contributed by atoms with Crippen LogP contribution in [0.1, 0.15) is 9.67 Å². The van der Waals surface area contributed by atoms with Crippen molar-refractivity contribution in [2.24, 2.45) is 0 Å². The molecule has 5 nitrogen and oxygen atoms in total. The molecule has 0 unspecified atom stereocenters. The number of fused-ring (bicyclic) bond motifs is 4. The van der Waals surface area contributed by atoms with Crippen LogP contribution in [-0.2, 0) is 0 Å². The first kappa shape index (κ1) is 17.4. The molecule has 0 saturated carbocycles. The number of thiazole rings is 1. The van der Waals surface area contributed by atoms with Crippen LogP contribution < -0.4 is 10.1 Å². The lowest BCUT2D eigenvalue weighted by Crippen LogP contribution is -2.09. The highest BCUT2D eigenvalue weighted by Crippen LogP contribution is 2.36. The van der Waals surface area contributed by atoms with Crippen molar-refractivity contribution in [2.75, 3.05) is 12.4 Å². The summed E-state index contributed by atoms with van der Waals surface area (Å²) in [5.74, 6) is 0.542. The highest BCUT2D eigenvalue weighted by molar-refractivity contribution is 7.23. The van der Waals surface area contributed by atoms with Gasteiger partial charge in [-0.2, -0.15) is 0 Å². The minimum atomic E-state index is -0.215. The Kier molecular flexibility index (Phi) is 4.16. The zero-order chi connectivity index (χ0) is 19.3. The van der Waals surface area contributed by atoms with E-state index in [1.54, 1.807) is 13.2 Å². The Labute approximate surface area is 172 Å². The van der Waals surface area contributed by atoms with Crippen LogP contribution in [0.5, 0.6) is 5.75 Å². The number of halogens is 1. The average molecular weight is 426 g/mol. The molecule has 2 aromatic carbocycles. The first-order chi connectivity index (χ1) is 13.6. The number of pyridine rings is 1. The number of hydrogen-bond donors (Lipinski definition) is 1. The molecule has 0 radical (unpaired) electrons. The van der Waals surface area contributed by atoms with E-state index >= 15 is 0 Å². The molecule has 8 heteroatoms. The molecule has 1 N–H and O–H groups in total. The predicted molar refractivity (Wildman–Crippen MR) is 116 cm³/mol. The molecule has 0 aliphatic heterocycles. The summed E-state index contributed by atoms with van der Waals surface area (Å²) in [6.45, 7) is 0. The van der Waals surface area contributed by atoms with Crippen molar-refractivity contribution < 1.29 is 9.53 Å². The van der Waals surface area contributed by atoms with Gasteiger partial charge in [-0.1, -0.05) is 41.1 Å². The molecule has 3 aromatic heterocycles. The van der Waals surface area contributed by atoms with Crippen molar-refractivity contribution in [3.63, 3.8) is 0 Å². The van der Waals surface area contributed by atoms with Crippen molar-refractivity contribution in [2.45, 2.75) is 0 Å². The number of benzene rings is 2. The molecule has 0 spiro atoms. The van der Waals surface area contributed by atoms with Gasteiger partial charge in [0.2, 0.25) is 0 Å². The molecule has 0 fully saturated rings. The van der Waals surface area contributed by atoms with E-state index in [2.05, 4.69) is 15.3 Å². The SMILES string of the molecule is COc1ccc2nc(NC(=O)c3cc4c(Cl)nc5ccccc5c4s3)sc2c1. The molecule has 0 aliphatic rings. The molecule has 5 aromatic rings. The number of nitrogens with zero attached hydrogens (tertiary/aromatic N) is 2. The summed E-state index contributed by atoms with van der Waals surface area (Å²) in [6, 6.07) is 15.2. The second-order valence-electron chi connectivity index (χ2n) is 6.08. The summed E-state index contributed by atoms with van der Waals surface area (Å²) in [5.41, 5.74) is 1.63. The normalized spacial score (nSPS) is 11.4. The van der Waals surface area contributed by atoms with Crippen LogP contribution in [0.4, 0.5) is 5.13 Å². The van der Waals surface area contributed by atoms with Gasteiger partial charge >= 0.3 is 0 Å². The van der Waals surface area contributed by atoms with Gasteiger partial charge in [-0.15, -0.1) is 11.3 Å². The Bertz CT molecular complexity index is 1380. The highest BCUT2D eigenvalue weighted by atomic mass is 35.5. The van der Waals surface area contributed by atoms with Crippen molar-refractivity contribution in [1.82, 2.24) is 9.97 Å². The predicted octanol–water partition coefficient (Wildman–Crippen LogP) is 5.97. The number of ether oxygens (including phenoxy) is 1. The Morgan fingerprint density at radius 2 is 1.89 bits per heavy atom. The van der Waals surface area contributed by atoms with Crippen molar-refractivity contribution in [3.8, 4) is 5.75 Å². The number of thiophene rings is 1. The molecule has 3 heterocycles. The third kappa shape index (κ3) is 2.88. The van der Waals surface area contributed by atoms with Crippen LogP contribution in [0, 0.1) is 0 Å². The number of aromatic nitrogens is 2. The number of anilines is 1. The van der Waals surface area contributed by atoms with E-state index in [-0.39, 0.29) is 5.91 Å². The van der Waals surface area contributed by atoms with Gasteiger partial charge in [0.1, 0.15) is 10.9 Å². The lowest BCUT2D eigenvalue weighted by atomic mass is 10.2. The Hall–Kier alpha value is -2.74. The zero-order valence-corrected chi connectivity index (χ0v) is 16.9. The van der Waals surface area contributed by atoms with Crippen LogP contribution in [0.2, 0.25) is 5.15 Å². The maximum atomic E-state index is 12.8. The molecule has 5 rings (SSSR count). The van der Waals surface area contributed by atoms with Crippen LogP contribution in [0.25, 0.3) is 31.2 Å². The molecule has 138 valence electrons.